The van der Waals surface area contributed by atoms with Gasteiger partial charge in [-0.2, -0.15) is 0 Å². The molecule has 0 N–H and O–H groups in total. The monoisotopic (exact) mass is 341 g/mol. The van der Waals surface area contributed by atoms with Gasteiger partial charge >= 0.3 is 0 Å². The van der Waals surface area contributed by atoms with Crippen LogP contribution in [0.1, 0.15) is 0 Å². The average molecular weight is 341 g/mol. The molecule has 0 amide bonds. The lowest BCUT2D eigenvalue weighted by Crippen LogP contribution is -1.85. The third-order valence-electron chi connectivity index (χ3n) is 6.09. The zero-order chi connectivity index (χ0) is 17.5. The van der Waals surface area contributed by atoms with Gasteiger partial charge in [0.25, 0.3) is 0 Å². The van der Waals surface area contributed by atoms with E-state index in [-0.39, 0.29) is 0 Å². The summed E-state index contributed by atoms with van der Waals surface area (Å²) in [6.45, 7) is 0. The van der Waals surface area contributed by atoms with Gasteiger partial charge in [-0.05, 0) is 33.7 Å². The number of rotatable bonds is 0. The van der Waals surface area contributed by atoms with Crippen molar-refractivity contribution < 1.29 is 0 Å². The molecule has 0 radical (unpaired) electrons. The van der Waals surface area contributed by atoms with E-state index in [1.807, 2.05) is 0 Å². The Morgan fingerprint density at radius 3 is 1.89 bits per heavy atom. The van der Waals surface area contributed by atoms with Crippen molar-refractivity contribution in [1.82, 2.24) is 4.40 Å². The summed E-state index contributed by atoms with van der Waals surface area (Å²) >= 11 is 0. The Bertz CT molecular complexity index is 1670. The summed E-state index contributed by atoms with van der Waals surface area (Å²) in [4.78, 5) is 0. The van der Waals surface area contributed by atoms with Gasteiger partial charge < -0.3 is 4.40 Å². The fourth-order valence-corrected chi connectivity index (χ4v) is 5.03. The number of nitrogens with zero attached hydrogens (tertiary/aromatic N) is 1. The SMILES string of the molecule is c1cc2ccc3cccc4c3c2c(c1)c1cccc2c3ccccc3n4c12. The molecule has 0 fully saturated rings. The highest BCUT2D eigenvalue weighted by Gasteiger charge is 2.16. The smallest absolute Gasteiger partial charge is 0.0619 e. The lowest BCUT2D eigenvalue weighted by Gasteiger charge is -2.07. The van der Waals surface area contributed by atoms with Crippen LogP contribution >= 0.6 is 0 Å². The van der Waals surface area contributed by atoms with Crippen molar-refractivity contribution in [2.45, 2.75) is 0 Å². The minimum atomic E-state index is 1.28. The van der Waals surface area contributed by atoms with E-state index in [4.69, 9.17) is 0 Å². The van der Waals surface area contributed by atoms with Gasteiger partial charge in [-0.15, -0.1) is 0 Å². The lowest BCUT2D eigenvalue weighted by atomic mass is 9.97. The summed E-state index contributed by atoms with van der Waals surface area (Å²) < 4.78 is 2.47. The van der Waals surface area contributed by atoms with Crippen molar-refractivity contribution in [2.75, 3.05) is 0 Å². The Morgan fingerprint density at radius 2 is 1.00 bits per heavy atom. The second-order valence-electron chi connectivity index (χ2n) is 7.40. The maximum atomic E-state index is 2.47. The summed E-state index contributed by atoms with van der Waals surface area (Å²) in [5.41, 5.74) is 3.87. The molecule has 0 atom stereocenters. The molecule has 7 aromatic rings. The first-order chi connectivity index (χ1) is 13.4. The van der Waals surface area contributed by atoms with E-state index in [1.165, 1.54) is 59.6 Å². The maximum Gasteiger partial charge on any atom is 0.0619 e. The van der Waals surface area contributed by atoms with Crippen molar-refractivity contribution in [1.29, 1.82) is 0 Å². The Labute approximate surface area is 155 Å². The number of para-hydroxylation sites is 2. The minimum Gasteiger partial charge on any atom is -0.308 e. The number of aromatic nitrogens is 1. The second-order valence-corrected chi connectivity index (χ2v) is 7.40. The van der Waals surface area contributed by atoms with Crippen LogP contribution in [0.5, 0.6) is 0 Å². The first-order valence-corrected chi connectivity index (χ1v) is 9.39. The van der Waals surface area contributed by atoms with Gasteiger partial charge in [0.2, 0.25) is 0 Å². The highest BCUT2D eigenvalue weighted by molar-refractivity contribution is 6.30. The molecule has 0 unspecified atom stereocenters. The van der Waals surface area contributed by atoms with Crippen LogP contribution in [0.3, 0.4) is 0 Å². The van der Waals surface area contributed by atoms with Crippen molar-refractivity contribution >= 4 is 59.6 Å². The van der Waals surface area contributed by atoms with Crippen LogP contribution < -0.4 is 0 Å². The zero-order valence-electron chi connectivity index (χ0n) is 14.6. The van der Waals surface area contributed by atoms with E-state index >= 15 is 0 Å². The van der Waals surface area contributed by atoms with Crippen molar-refractivity contribution in [3.05, 3.63) is 91.0 Å². The summed E-state index contributed by atoms with van der Waals surface area (Å²) in [5, 5.41) is 10.6. The second kappa shape index (κ2) is 4.57. The quantitative estimate of drug-likeness (QED) is 0.258. The van der Waals surface area contributed by atoms with Crippen LogP contribution in [0.25, 0.3) is 59.6 Å². The van der Waals surface area contributed by atoms with E-state index in [0.717, 1.165) is 0 Å². The van der Waals surface area contributed by atoms with E-state index in [9.17, 15) is 0 Å². The normalized spacial score (nSPS) is 12.4. The molecule has 7 rings (SSSR count). The summed E-state index contributed by atoms with van der Waals surface area (Å²) in [5.74, 6) is 0. The predicted molar refractivity (Wildman–Crippen MR) is 116 cm³/mol. The van der Waals surface area contributed by atoms with Crippen molar-refractivity contribution in [3.63, 3.8) is 0 Å². The number of benzene rings is 5. The van der Waals surface area contributed by atoms with Gasteiger partial charge in [0.05, 0.1) is 16.6 Å². The number of hydrogen-bond acceptors (Lipinski definition) is 0. The van der Waals surface area contributed by atoms with E-state index in [0.29, 0.717) is 0 Å². The molecular formula is C26H15N. The fourth-order valence-electron chi connectivity index (χ4n) is 5.03. The van der Waals surface area contributed by atoms with Gasteiger partial charge in [0, 0.05) is 21.5 Å². The van der Waals surface area contributed by atoms with Gasteiger partial charge in [-0.1, -0.05) is 78.9 Å². The van der Waals surface area contributed by atoms with E-state index < -0.39 is 0 Å². The fraction of sp³-hybridized carbons (Fsp3) is 0. The van der Waals surface area contributed by atoms with Crippen LogP contribution in [0.15, 0.2) is 91.0 Å². The molecule has 0 aliphatic rings. The predicted octanol–water partition coefficient (Wildman–Crippen LogP) is 7.14. The minimum absolute atomic E-state index is 1.28. The zero-order valence-corrected chi connectivity index (χ0v) is 14.6. The van der Waals surface area contributed by atoms with Crippen LogP contribution in [0.2, 0.25) is 0 Å². The number of hydrogen-bond donors (Lipinski definition) is 0. The molecule has 0 saturated carbocycles. The first-order valence-electron chi connectivity index (χ1n) is 9.39. The topological polar surface area (TPSA) is 4.41 Å². The Kier molecular flexibility index (Phi) is 2.30. The molecule has 0 saturated heterocycles. The summed E-state index contributed by atoms with van der Waals surface area (Å²) in [7, 11) is 0. The molecule has 0 aliphatic carbocycles. The highest BCUT2D eigenvalue weighted by Crippen LogP contribution is 2.41. The molecule has 124 valence electrons. The molecule has 5 aromatic carbocycles. The molecule has 0 bridgehead atoms. The van der Waals surface area contributed by atoms with Gasteiger partial charge in [-0.3, -0.25) is 0 Å². The standard InChI is InChI=1S/C26H15N/c1-2-12-22-18(8-1)20-10-5-11-21-19-9-3-6-16-14-15-17-7-4-13-23(25(17)24(16)19)27(22)26(20)21/h1-15H. The Balaban J connectivity index is 2.06. The third-order valence-corrected chi connectivity index (χ3v) is 6.09. The molecule has 1 heteroatoms. The number of fused-ring (bicyclic) bond motifs is 5. The van der Waals surface area contributed by atoms with Crippen LogP contribution in [-0.4, -0.2) is 4.40 Å². The van der Waals surface area contributed by atoms with Gasteiger partial charge in [-0.25, -0.2) is 0 Å². The molecular weight excluding hydrogens is 326 g/mol. The molecule has 2 heterocycles. The van der Waals surface area contributed by atoms with Crippen molar-refractivity contribution in [2.24, 2.45) is 0 Å². The highest BCUT2D eigenvalue weighted by atomic mass is 14.9. The van der Waals surface area contributed by atoms with E-state index in [1.54, 1.807) is 0 Å². The largest absolute Gasteiger partial charge is 0.308 e. The van der Waals surface area contributed by atoms with Gasteiger partial charge in [0.15, 0.2) is 0 Å². The summed E-state index contributed by atoms with van der Waals surface area (Å²) in [6.07, 6.45) is 0. The first kappa shape index (κ1) is 13.6. The molecule has 27 heavy (non-hydrogen) atoms. The van der Waals surface area contributed by atoms with E-state index in [2.05, 4.69) is 95.4 Å². The Hall–Kier alpha value is -3.58. The van der Waals surface area contributed by atoms with Crippen LogP contribution in [0, 0.1) is 0 Å². The summed E-state index contributed by atoms with van der Waals surface area (Å²) in [6, 6.07) is 33.4. The average Bonchev–Trinajstić information content (AvgIpc) is 3.00. The van der Waals surface area contributed by atoms with Crippen LogP contribution in [-0.2, 0) is 0 Å². The third kappa shape index (κ3) is 1.52. The van der Waals surface area contributed by atoms with Crippen molar-refractivity contribution in [3.8, 4) is 0 Å². The maximum absolute atomic E-state index is 2.47. The van der Waals surface area contributed by atoms with Gasteiger partial charge in [0.1, 0.15) is 0 Å². The molecule has 2 aromatic heterocycles. The van der Waals surface area contributed by atoms with Crippen LogP contribution in [0.4, 0.5) is 0 Å². The molecule has 0 aliphatic heterocycles. The molecule has 0 spiro atoms. The lowest BCUT2D eigenvalue weighted by molar-refractivity contribution is 1.36. The molecule has 1 nitrogen and oxygen atoms in total. The Morgan fingerprint density at radius 1 is 0.407 bits per heavy atom.